The van der Waals surface area contributed by atoms with Crippen LogP contribution in [0.15, 0.2) is 107 Å². The maximum absolute atomic E-state index is 13.4. The first-order valence-electron chi connectivity index (χ1n) is 10.3. The lowest BCUT2D eigenvalue weighted by Gasteiger charge is -2.19. The number of hydrogen-bond donors (Lipinski definition) is 0. The molecule has 1 heterocycles. The molecule has 3 aromatic carbocycles. The van der Waals surface area contributed by atoms with Gasteiger partial charge in [0.1, 0.15) is 15.8 Å². The largest absolute Gasteiger partial charge is 0.279 e. The van der Waals surface area contributed by atoms with Crippen LogP contribution < -0.4 is 0 Å². The van der Waals surface area contributed by atoms with Crippen molar-refractivity contribution >= 4 is 16.7 Å². The summed E-state index contributed by atoms with van der Waals surface area (Å²) in [5.41, 5.74) is 4.48. The van der Waals surface area contributed by atoms with Gasteiger partial charge in [-0.2, -0.15) is 0 Å². The van der Waals surface area contributed by atoms with Gasteiger partial charge in [-0.3, -0.25) is 9.36 Å². The molecule has 4 rings (SSSR count). The Labute approximate surface area is 185 Å². The lowest BCUT2D eigenvalue weighted by Crippen LogP contribution is -2.17. The predicted octanol–water partition coefficient (Wildman–Crippen LogP) is 6.13. The molecule has 0 fully saturated rings. The minimum absolute atomic E-state index is 0.0719. The minimum Gasteiger partial charge on any atom is -0.279 e. The molecule has 0 radical (unpaired) electrons. The average Bonchev–Trinajstić information content (AvgIpc) is 3.29. The Bertz CT molecular complexity index is 1190. The zero-order chi connectivity index (χ0) is 21.8. The van der Waals surface area contributed by atoms with Crippen molar-refractivity contribution in [2.45, 2.75) is 36.1 Å². The zero-order valence-corrected chi connectivity index (χ0v) is 18.5. The van der Waals surface area contributed by atoms with Gasteiger partial charge in [0.25, 0.3) is 0 Å². The molecule has 0 saturated carbocycles. The first kappa shape index (κ1) is 21.0. The molecule has 0 bridgehead atoms. The Morgan fingerprint density at radius 1 is 0.774 bits per heavy atom. The Morgan fingerprint density at radius 3 is 2.00 bits per heavy atom. The third-order valence-electron chi connectivity index (χ3n) is 5.47. The third kappa shape index (κ3) is 4.75. The Morgan fingerprint density at radius 2 is 1.35 bits per heavy atom. The SMILES string of the molecule is Cc1ccc([C@H](CC(=O)n2cccc2S(=O)c2ccc(C)cc2)c2ccccc2)cc1. The maximum atomic E-state index is 13.4. The summed E-state index contributed by atoms with van der Waals surface area (Å²) in [6.07, 6.45) is 2.00. The van der Waals surface area contributed by atoms with Crippen LogP contribution in [-0.4, -0.2) is 14.7 Å². The van der Waals surface area contributed by atoms with E-state index < -0.39 is 10.8 Å². The van der Waals surface area contributed by atoms with Crippen LogP contribution in [0.2, 0.25) is 0 Å². The maximum Gasteiger partial charge on any atom is 0.232 e. The van der Waals surface area contributed by atoms with Crippen molar-refractivity contribution in [2.75, 3.05) is 0 Å². The van der Waals surface area contributed by atoms with Crippen LogP contribution in [0.3, 0.4) is 0 Å². The minimum atomic E-state index is -1.42. The molecular weight excluding hydrogens is 402 g/mol. The molecule has 4 aromatic rings. The summed E-state index contributed by atoms with van der Waals surface area (Å²) in [6.45, 7) is 4.05. The van der Waals surface area contributed by atoms with Gasteiger partial charge in [-0.1, -0.05) is 77.9 Å². The standard InChI is InChI=1S/C27H25NO2S/c1-20-10-14-23(15-11-20)25(22-7-4-3-5-8-22)19-26(29)28-18-6-9-27(28)31(30)24-16-12-21(2)13-17-24/h3-18,25H,19H2,1-2H3/t25-,31?/m1/s1. The molecule has 0 amide bonds. The van der Waals surface area contributed by atoms with Crippen molar-refractivity contribution in [1.82, 2.24) is 4.57 Å². The highest BCUT2D eigenvalue weighted by molar-refractivity contribution is 7.85. The van der Waals surface area contributed by atoms with Crippen molar-refractivity contribution in [3.05, 3.63) is 119 Å². The summed E-state index contributed by atoms with van der Waals surface area (Å²) in [4.78, 5) is 14.1. The first-order valence-corrected chi connectivity index (χ1v) is 11.5. The summed E-state index contributed by atoms with van der Waals surface area (Å²) >= 11 is 0. The van der Waals surface area contributed by atoms with Crippen LogP contribution in [-0.2, 0) is 10.8 Å². The predicted molar refractivity (Wildman–Crippen MR) is 125 cm³/mol. The number of aromatic nitrogens is 1. The van der Waals surface area contributed by atoms with Gasteiger partial charge in [0.2, 0.25) is 5.91 Å². The van der Waals surface area contributed by atoms with E-state index >= 15 is 0 Å². The molecule has 1 unspecified atom stereocenters. The fraction of sp³-hybridized carbons (Fsp3) is 0.148. The van der Waals surface area contributed by atoms with E-state index in [0.29, 0.717) is 16.3 Å². The number of aryl methyl sites for hydroxylation is 2. The zero-order valence-electron chi connectivity index (χ0n) is 17.7. The number of nitrogens with zero attached hydrogens (tertiary/aromatic N) is 1. The Kier molecular flexibility index (Phi) is 6.28. The smallest absolute Gasteiger partial charge is 0.232 e. The summed E-state index contributed by atoms with van der Waals surface area (Å²) < 4.78 is 14.7. The number of carbonyl (C=O) groups excluding carboxylic acids is 1. The van der Waals surface area contributed by atoms with Crippen LogP contribution in [0.25, 0.3) is 0 Å². The lowest BCUT2D eigenvalue weighted by atomic mass is 9.88. The molecule has 0 aliphatic rings. The van der Waals surface area contributed by atoms with E-state index in [9.17, 15) is 9.00 Å². The molecule has 3 nitrogen and oxygen atoms in total. The fourth-order valence-electron chi connectivity index (χ4n) is 3.69. The number of hydrogen-bond acceptors (Lipinski definition) is 2. The average molecular weight is 428 g/mol. The summed E-state index contributed by atoms with van der Waals surface area (Å²) in [5, 5.41) is 0.504. The summed E-state index contributed by atoms with van der Waals surface area (Å²) in [6, 6.07) is 29.5. The number of rotatable bonds is 6. The molecule has 31 heavy (non-hydrogen) atoms. The molecular formula is C27H25NO2S. The second kappa shape index (κ2) is 9.27. The normalized spacial score (nSPS) is 13.0. The molecule has 0 aliphatic heterocycles. The molecule has 4 heteroatoms. The van der Waals surface area contributed by atoms with Gasteiger partial charge in [0, 0.05) is 23.4 Å². The molecule has 0 aliphatic carbocycles. The Hall–Kier alpha value is -3.24. The lowest BCUT2D eigenvalue weighted by molar-refractivity contribution is 0.0887. The molecule has 0 saturated heterocycles. The van der Waals surface area contributed by atoms with E-state index in [4.69, 9.17) is 0 Å². The van der Waals surface area contributed by atoms with Gasteiger partial charge in [-0.05, 0) is 49.2 Å². The highest BCUT2D eigenvalue weighted by Gasteiger charge is 2.22. The van der Waals surface area contributed by atoms with E-state index in [1.165, 1.54) is 5.56 Å². The van der Waals surface area contributed by atoms with E-state index in [1.54, 1.807) is 22.9 Å². The van der Waals surface area contributed by atoms with E-state index in [0.717, 1.165) is 16.7 Å². The second-order valence-electron chi connectivity index (χ2n) is 7.77. The van der Waals surface area contributed by atoms with Crippen molar-refractivity contribution in [1.29, 1.82) is 0 Å². The van der Waals surface area contributed by atoms with Crippen LogP contribution in [0, 0.1) is 13.8 Å². The topological polar surface area (TPSA) is 39.1 Å². The number of carbonyl (C=O) groups is 1. The van der Waals surface area contributed by atoms with Gasteiger partial charge in [0.05, 0.1) is 0 Å². The third-order valence-corrected chi connectivity index (χ3v) is 6.88. The Balaban J connectivity index is 1.64. The van der Waals surface area contributed by atoms with Crippen molar-refractivity contribution in [2.24, 2.45) is 0 Å². The van der Waals surface area contributed by atoms with Crippen molar-refractivity contribution < 1.29 is 9.00 Å². The fourth-order valence-corrected chi connectivity index (χ4v) is 4.86. The van der Waals surface area contributed by atoms with E-state index in [1.807, 2.05) is 49.4 Å². The van der Waals surface area contributed by atoms with Crippen molar-refractivity contribution in [3.8, 4) is 0 Å². The first-order chi connectivity index (χ1) is 15.0. The van der Waals surface area contributed by atoms with E-state index in [2.05, 4.69) is 43.3 Å². The molecule has 0 spiro atoms. The monoisotopic (exact) mass is 427 g/mol. The van der Waals surface area contributed by atoms with E-state index in [-0.39, 0.29) is 11.8 Å². The highest BCUT2D eigenvalue weighted by atomic mass is 32.2. The van der Waals surface area contributed by atoms with Crippen LogP contribution in [0.1, 0.15) is 39.4 Å². The van der Waals surface area contributed by atoms with Crippen LogP contribution in [0.4, 0.5) is 0 Å². The molecule has 1 aromatic heterocycles. The molecule has 156 valence electrons. The van der Waals surface area contributed by atoms with Gasteiger partial charge in [-0.25, -0.2) is 4.21 Å². The van der Waals surface area contributed by atoms with Gasteiger partial charge >= 0.3 is 0 Å². The van der Waals surface area contributed by atoms with Crippen LogP contribution >= 0.6 is 0 Å². The van der Waals surface area contributed by atoms with Crippen LogP contribution in [0.5, 0.6) is 0 Å². The second-order valence-corrected chi connectivity index (χ2v) is 9.20. The highest BCUT2D eigenvalue weighted by Crippen LogP contribution is 2.29. The number of benzene rings is 3. The summed E-state index contributed by atoms with van der Waals surface area (Å²) in [5.74, 6) is -0.146. The molecule has 2 atom stereocenters. The quantitative estimate of drug-likeness (QED) is 0.371. The summed E-state index contributed by atoms with van der Waals surface area (Å²) in [7, 11) is -1.42. The van der Waals surface area contributed by atoms with Gasteiger partial charge in [0.15, 0.2) is 0 Å². The van der Waals surface area contributed by atoms with Gasteiger partial charge < -0.3 is 0 Å². The van der Waals surface area contributed by atoms with Crippen molar-refractivity contribution in [3.63, 3.8) is 0 Å². The van der Waals surface area contributed by atoms with Gasteiger partial charge in [-0.15, -0.1) is 0 Å². The molecule has 0 N–H and O–H groups in total.